The Morgan fingerprint density at radius 1 is 1.38 bits per heavy atom. The van der Waals surface area contributed by atoms with Crippen molar-refractivity contribution in [1.29, 1.82) is 0 Å². The van der Waals surface area contributed by atoms with Gasteiger partial charge in [-0.1, -0.05) is 6.07 Å². The Kier molecular flexibility index (Phi) is 2.30. The number of aryl methyl sites for hydroxylation is 1. The molecular weight excluding hydrogens is 203 g/mol. The topological polar surface area (TPSA) is 0 Å². The van der Waals surface area contributed by atoms with Crippen LogP contribution < -0.4 is 0 Å². The van der Waals surface area contributed by atoms with Gasteiger partial charge in [0.25, 0.3) is 0 Å². The maximum absolute atomic E-state index is 13.4. The Hall–Kier alpha value is -0.540. The molecule has 0 amide bonds. The van der Waals surface area contributed by atoms with Crippen LogP contribution in [0, 0.1) is 12.7 Å². The second-order valence-corrected chi connectivity index (χ2v) is 4.88. The molecule has 0 spiro atoms. The van der Waals surface area contributed by atoms with E-state index in [1.807, 2.05) is 19.2 Å². The summed E-state index contributed by atoms with van der Waals surface area (Å²) in [5.41, 5.74) is 0. The molecule has 0 fully saturated rings. The number of benzene rings is 1. The molecule has 0 N–H and O–H groups in total. The summed E-state index contributed by atoms with van der Waals surface area (Å²) in [6.07, 6.45) is 1.99. The molecule has 2 aromatic rings. The number of fused-ring (bicyclic) bond motifs is 1. The number of hydrogen-bond donors (Lipinski definition) is 0. The first kappa shape index (κ1) is 9.03. The first-order valence-electron chi connectivity index (χ1n) is 3.95. The third-order valence-corrected chi connectivity index (χ3v) is 4.11. The number of rotatable bonds is 1. The Morgan fingerprint density at radius 3 is 2.85 bits per heavy atom. The van der Waals surface area contributed by atoms with E-state index in [0.717, 1.165) is 15.0 Å². The lowest BCUT2D eigenvalue weighted by Crippen LogP contribution is -1.76. The zero-order chi connectivity index (χ0) is 9.42. The molecule has 13 heavy (non-hydrogen) atoms. The van der Waals surface area contributed by atoms with Crippen LogP contribution in [0.25, 0.3) is 10.1 Å². The molecule has 0 nitrogen and oxygen atoms in total. The van der Waals surface area contributed by atoms with Gasteiger partial charge in [0.05, 0.1) is 0 Å². The Labute approximate surface area is 84.8 Å². The molecule has 3 heteroatoms. The molecule has 1 heterocycles. The van der Waals surface area contributed by atoms with Crippen molar-refractivity contribution >= 4 is 33.2 Å². The highest BCUT2D eigenvalue weighted by atomic mass is 32.2. The Morgan fingerprint density at radius 2 is 2.15 bits per heavy atom. The maximum Gasteiger partial charge on any atom is 0.133 e. The predicted molar refractivity (Wildman–Crippen MR) is 58.3 cm³/mol. The van der Waals surface area contributed by atoms with Crippen molar-refractivity contribution in [3.8, 4) is 0 Å². The molecular formula is C10H9FS2. The lowest BCUT2D eigenvalue weighted by molar-refractivity contribution is 0.638. The predicted octanol–water partition coefficient (Wildman–Crippen LogP) is 4.07. The van der Waals surface area contributed by atoms with Crippen molar-refractivity contribution in [2.24, 2.45) is 0 Å². The highest BCUT2D eigenvalue weighted by Gasteiger charge is 2.11. The maximum atomic E-state index is 13.4. The quantitative estimate of drug-likeness (QED) is 0.642. The van der Waals surface area contributed by atoms with Crippen LogP contribution in [0.15, 0.2) is 23.1 Å². The molecule has 0 unspecified atom stereocenters. The van der Waals surface area contributed by atoms with Crippen molar-refractivity contribution in [3.05, 3.63) is 28.9 Å². The average molecular weight is 212 g/mol. The van der Waals surface area contributed by atoms with Gasteiger partial charge in [-0.2, -0.15) is 0 Å². The van der Waals surface area contributed by atoms with Gasteiger partial charge in [0.2, 0.25) is 0 Å². The largest absolute Gasteiger partial charge is 0.206 e. The molecule has 0 bridgehead atoms. The lowest BCUT2D eigenvalue weighted by Gasteiger charge is -1.96. The van der Waals surface area contributed by atoms with E-state index in [9.17, 15) is 4.39 Å². The van der Waals surface area contributed by atoms with Gasteiger partial charge in [-0.05, 0) is 25.3 Å². The van der Waals surface area contributed by atoms with E-state index < -0.39 is 0 Å². The minimum atomic E-state index is -0.105. The minimum Gasteiger partial charge on any atom is -0.206 e. The van der Waals surface area contributed by atoms with Crippen LogP contribution in [-0.2, 0) is 0 Å². The summed E-state index contributed by atoms with van der Waals surface area (Å²) in [5.74, 6) is -0.105. The van der Waals surface area contributed by atoms with Crippen LogP contribution in [0.3, 0.4) is 0 Å². The summed E-state index contributed by atoms with van der Waals surface area (Å²) in [5, 5.41) is 0.789. The summed E-state index contributed by atoms with van der Waals surface area (Å²) < 4.78 is 14.5. The number of halogens is 1. The summed E-state index contributed by atoms with van der Waals surface area (Å²) >= 11 is 3.27. The smallest absolute Gasteiger partial charge is 0.133 e. The van der Waals surface area contributed by atoms with E-state index in [-0.39, 0.29) is 5.82 Å². The fourth-order valence-electron chi connectivity index (χ4n) is 1.44. The van der Waals surface area contributed by atoms with Crippen molar-refractivity contribution in [2.45, 2.75) is 11.8 Å². The van der Waals surface area contributed by atoms with E-state index in [2.05, 4.69) is 0 Å². The molecule has 0 saturated heterocycles. The van der Waals surface area contributed by atoms with E-state index in [1.54, 1.807) is 29.2 Å². The van der Waals surface area contributed by atoms with Crippen molar-refractivity contribution in [3.63, 3.8) is 0 Å². The van der Waals surface area contributed by atoms with E-state index in [4.69, 9.17) is 0 Å². The first-order chi connectivity index (χ1) is 6.24. The average Bonchev–Trinajstić information content (AvgIpc) is 2.42. The van der Waals surface area contributed by atoms with Gasteiger partial charge in [-0.15, -0.1) is 23.1 Å². The zero-order valence-corrected chi connectivity index (χ0v) is 9.06. The van der Waals surface area contributed by atoms with Gasteiger partial charge in [-0.3, -0.25) is 0 Å². The third kappa shape index (κ3) is 1.36. The van der Waals surface area contributed by atoms with Crippen LogP contribution in [-0.4, -0.2) is 6.26 Å². The number of hydrogen-bond acceptors (Lipinski definition) is 2. The number of thioether (sulfide) groups is 1. The molecule has 1 aromatic carbocycles. The normalized spacial score (nSPS) is 11.0. The second kappa shape index (κ2) is 3.31. The summed E-state index contributed by atoms with van der Waals surface area (Å²) in [6.45, 7) is 2.04. The summed E-state index contributed by atoms with van der Waals surface area (Å²) in [4.78, 5) is 2.28. The number of thiophene rings is 1. The van der Waals surface area contributed by atoms with Gasteiger partial charge >= 0.3 is 0 Å². The van der Waals surface area contributed by atoms with Crippen molar-refractivity contribution in [2.75, 3.05) is 6.26 Å². The first-order valence-corrected chi connectivity index (χ1v) is 5.99. The fraction of sp³-hybridized carbons (Fsp3) is 0.200. The molecule has 2 rings (SSSR count). The highest BCUT2D eigenvalue weighted by molar-refractivity contribution is 7.99. The van der Waals surface area contributed by atoms with Crippen LogP contribution in [0.4, 0.5) is 4.39 Å². The van der Waals surface area contributed by atoms with E-state index in [1.165, 1.54) is 10.9 Å². The van der Waals surface area contributed by atoms with E-state index in [0.29, 0.717) is 0 Å². The summed E-state index contributed by atoms with van der Waals surface area (Å²) in [7, 11) is 0. The molecule has 0 saturated carbocycles. The van der Waals surface area contributed by atoms with Gasteiger partial charge in [0, 0.05) is 19.9 Å². The molecule has 1 aromatic heterocycles. The Balaban J connectivity index is 2.88. The molecule has 0 aliphatic rings. The van der Waals surface area contributed by atoms with Crippen LogP contribution in [0.2, 0.25) is 0 Å². The van der Waals surface area contributed by atoms with Crippen LogP contribution in [0.1, 0.15) is 4.88 Å². The summed E-state index contributed by atoms with van der Waals surface area (Å²) in [6, 6.07) is 5.25. The van der Waals surface area contributed by atoms with Crippen LogP contribution >= 0.6 is 23.1 Å². The van der Waals surface area contributed by atoms with Gasteiger partial charge < -0.3 is 0 Å². The standard InChI is InChI=1S/C10H9FS2/c1-6-10(12-2)9-7(11)4-3-5-8(9)13-6/h3-5H,1-2H3. The molecule has 0 aliphatic carbocycles. The second-order valence-electron chi connectivity index (χ2n) is 2.80. The lowest BCUT2D eigenvalue weighted by atomic mass is 10.2. The SMILES string of the molecule is CSc1c(C)sc2cccc(F)c12. The van der Waals surface area contributed by atoms with Crippen LogP contribution in [0.5, 0.6) is 0 Å². The molecule has 68 valence electrons. The molecule has 0 radical (unpaired) electrons. The highest BCUT2D eigenvalue weighted by Crippen LogP contribution is 2.37. The van der Waals surface area contributed by atoms with Crippen molar-refractivity contribution < 1.29 is 4.39 Å². The Bertz CT molecular complexity index is 445. The molecule has 0 aliphatic heterocycles. The minimum absolute atomic E-state index is 0.105. The van der Waals surface area contributed by atoms with Crippen molar-refractivity contribution in [1.82, 2.24) is 0 Å². The van der Waals surface area contributed by atoms with Gasteiger partial charge in [0.15, 0.2) is 0 Å². The monoisotopic (exact) mass is 212 g/mol. The van der Waals surface area contributed by atoms with Gasteiger partial charge in [0.1, 0.15) is 5.82 Å². The van der Waals surface area contributed by atoms with Gasteiger partial charge in [-0.25, -0.2) is 4.39 Å². The fourth-order valence-corrected chi connectivity index (χ4v) is 3.55. The zero-order valence-electron chi connectivity index (χ0n) is 7.43. The van der Waals surface area contributed by atoms with E-state index >= 15 is 0 Å². The third-order valence-electron chi connectivity index (χ3n) is 1.99. The molecule has 0 atom stereocenters.